The van der Waals surface area contributed by atoms with E-state index in [1.54, 1.807) is 30.3 Å². The number of hydrogen-bond donors (Lipinski definition) is 2. The molecule has 0 bridgehead atoms. The van der Waals surface area contributed by atoms with Crippen LogP contribution in [-0.2, 0) is 29.1 Å². The van der Waals surface area contributed by atoms with Crippen molar-refractivity contribution in [1.82, 2.24) is 9.55 Å². The quantitative estimate of drug-likeness (QED) is 0.370. The standard InChI is InChI=1S/C23H22N4O2S/c1-27-21-12-9-17(15-30(28,29)19-5-3-2-4-6-19)13-20(21)26-22(27)14-16-7-10-18(11-8-16)23(24)25/h2-13H,14-15H2,1H3,(H3,24,25). The number of sulfone groups is 1. The van der Waals surface area contributed by atoms with Gasteiger partial charge in [-0.15, -0.1) is 0 Å². The molecule has 1 heterocycles. The summed E-state index contributed by atoms with van der Waals surface area (Å²) in [6, 6.07) is 21.6. The van der Waals surface area contributed by atoms with Gasteiger partial charge in [0.2, 0.25) is 0 Å². The Morgan fingerprint density at radius 2 is 1.67 bits per heavy atom. The van der Waals surface area contributed by atoms with Gasteiger partial charge in [0.05, 0.1) is 21.7 Å². The van der Waals surface area contributed by atoms with Gasteiger partial charge in [-0.1, -0.05) is 48.5 Å². The Hall–Kier alpha value is -3.45. The molecule has 30 heavy (non-hydrogen) atoms. The van der Waals surface area contributed by atoms with Crippen LogP contribution in [0.2, 0.25) is 0 Å². The summed E-state index contributed by atoms with van der Waals surface area (Å²) in [4.78, 5) is 5.05. The number of imidazole rings is 1. The Kier molecular flexibility index (Phi) is 5.13. The average molecular weight is 419 g/mol. The minimum absolute atomic E-state index is 0.0438. The number of aromatic nitrogens is 2. The molecule has 0 amide bonds. The zero-order valence-electron chi connectivity index (χ0n) is 16.5. The van der Waals surface area contributed by atoms with Gasteiger partial charge >= 0.3 is 0 Å². The minimum atomic E-state index is -3.41. The lowest BCUT2D eigenvalue weighted by molar-refractivity contribution is 0.595. The van der Waals surface area contributed by atoms with E-state index in [4.69, 9.17) is 16.1 Å². The van der Waals surface area contributed by atoms with Crippen molar-refractivity contribution in [3.05, 3.63) is 95.3 Å². The fourth-order valence-corrected chi connectivity index (χ4v) is 4.82. The van der Waals surface area contributed by atoms with Crippen LogP contribution in [0.5, 0.6) is 0 Å². The van der Waals surface area contributed by atoms with E-state index in [0.29, 0.717) is 22.4 Å². The second kappa shape index (κ2) is 7.76. The third kappa shape index (κ3) is 3.97. The molecule has 0 unspecified atom stereocenters. The van der Waals surface area contributed by atoms with Gasteiger partial charge in [0.1, 0.15) is 11.7 Å². The summed E-state index contributed by atoms with van der Waals surface area (Å²) >= 11 is 0. The van der Waals surface area contributed by atoms with Crippen molar-refractivity contribution in [3.8, 4) is 0 Å². The number of nitrogens with one attached hydrogen (secondary N) is 1. The molecule has 0 aliphatic heterocycles. The van der Waals surface area contributed by atoms with Crippen LogP contribution in [0.15, 0.2) is 77.7 Å². The van der Waals surface area contributed by atoms with E-state index in [-0.39, 0.29) is 11.6 Å². The first-order chi connectivity index (χ1) is 14.3. The zero-order valence-corrected chi connectivity index (χ0v) is 17.4. The van der Waals surface area contributed by atoms with E-state index in [1.807, 2.05) is 54.1 Å². The van der Waals surface area contributed by atoms with Crippen LogP contribution in [0.3, 0.4) is 0 Å². The Balaban J connectivity index is 1.60. The largest absolute Gasteiger partial charge is 0.384 e. The number of benzene rings is 3. The van der Waals surface area contributed by atoms with Crippen LogP contribution in [0.1, 0.15) is 22.5 Å². The van der Waals surface area contributed by atoms with Gasteiger partial charge in [-0.05, 0) is 35.4 Å². The van der Waals surface area contributed by atoms with Gasteiger partial charge < -0.3 is 10.3 Å². The van der Waals surface area contributed by atoms with Gasteiger partial charge in [-0.2, -0.15) is 0 Å². The van der Waals surface area contributed by atoms with E-state index in [1.165, 1.54) is 0 Å². The van der Waals surface area contributed by atoms with Crippen molar-refractivity contribution < 1.29 is 8.42 Å². The van der Waals surface area contributed by atoms with E-state index in [9.17, 15) is 8.42 Å². The van der Waals surface area contributed by atoms with Crippen molar-refractivity contribution in [1.29, 1.82) is 5.41 Å². The molecule has 152 valence electrons. The normalized spacial score (nSPS) is 11.6. The van der Waals surface area contributed by atoms with E-state index in [0.717, 1.165) is 22.4 Å². The number of nitrogens with zero attached hydrogens (tertiary/aromatic N) is 2. The van der Waals surface area contributed by atoms with Crippen LogP contribution in [-0.4, -0.2) is 23.8 Å². The molecule has 0 atom stereocenters. The predicted molar refractivity (Wildman–Crippen MR) is 118 cm³/mol. The number of fused-ring (bicyclic) bond motifs is 1. The van der Waals surface area contributed by atoms with Crippen LogP contribution in [0.25, 0.3) is 11.0 Å². The maximum absolute atomic E-state index is 12.7. The van der Waals surface area contributed by atoms with Crippen LogP contribution in [0, 0.1) is 5.41 Å². The Labute approximate surface area is 175 Å². The summed E-state index contributed by atoms with van der Waals surface area (Å²) in [6.07, 6.45) is 0.626. The highest BCUT2D eigenvalue weighted by atomic mass is 32.2. The highest BCUT2D eigenvalue weighted by Crippen LogP contribution is 2.22. The topological polar surface area (TPSA) is 102 Å². The number of aryl methyl sites for hydroxylation is 1. The first-order valence-corrected chi connectivity index (χ1v) is 11.1. The number of nitrogen functional groups attached to an aromatic ring is 1. The van der Waals surface area contributed by atoms with E-state index >= 15 is 0 Å². The van der Waals surface area contributed by atoms with Crippen molar-refractivity contribution in [3.63, 3.8) is 0 Å². The molecule has 3 aromatic carbocycles. The molecule has 1 aromatic heterocycles. The monoisotopic (exact) mass is 418 g/mol. The highest BCUT2D eigenvalue weighted by molar-refractivity contribution is 7.90. The second-order valence-corrected chi connectivity index (χ2v) is 9.26. The fraction of sp³-hybridized carbons (Fsp3) is 0.130. The predicted octanol–water partition coefficient (Wildman–Crippen LogP) is 3.42. The lowest BCUT2D eigenvalue weighted by Gasteiger charge is -2.05. The molecule has 0 radical (unpaired) electrons. The fourth-order valence-electron chi connectivity index (χ4n) is 3.46. The summed E-state index contributed by atoms with van der Waals surface area (Å²) in [5.41, 5.74) is 9.69. The van der Waals surface area contributed by atoms with E-state index in [2.05, 4.69) is 0 Å². The lowest BCUT2D eigenvalue weighted by Crippen LogP contribution is -2.10. The Morgan fingerprint density at radius 1 is 1.00 bits per heavy atom. The third-order valence-corrected chi connectivity index (χ3v) is 6.83. The average Bonchev–Trinajstić information content (AvgIpc) is 3.03. The molecule has 0 aliphatic carbocycles. The summed E-state index contributed by atoms with van der Waals surface area (Å²) < 4.78 is 27.4. The van der Waals surface area contributed by atoms with Gasteiger partial charge in [-0.3, -0.25) is 5.41 Å². The maximum atomic E-state index is 12.7. The first kappa shape index (κ1) is 19.8. The molecule has 0 spiro atoms. The lowest BCUT2D eigenvalue weighted by atomic mass is 10.1. The smallest absolute Gasteiger partial charge is 0.182 e. The summed E-state index contributed by atoms with van der Waals surface area (Å²) in [5.74, 6) is 0.858. The van der Waals surface area contributed by atoms with Crippen molar-refractivity contribution in [2.45, 2.75) is 17.1 Å². The molecule has 0 saturated heterocycles. The summed E-state index contributed by atoms with van der Waals surface area (Å²) in [5, 5.41) is 7.49. The van der Waals surface area contributed by atoms with Crippen LogP contribution in [0.4, 0.5) is 0 Å². The molecule has 0 fully saturated rings. The number of nitrogens with two attached hydrogens (primary N) is 1. The molecular formula is C23H22N4O2S. The maximum Gasteiger partial charge on any atom is 0.182 e. The molecule has 0 saturated carbocycles. The molecule has 4 aromatic rings. The Morgan fingerprint density at radius 3 is 2.33 bits per heavy atom. The van der Waals surface area contributed by atoms with Crippen molar-refractivity contribution in [2.24, 2.45) is 12.8 Å². The molecule has 7 heteroatoms. The molecule has 4 rings (SSSR count). The van der Waals surface area contributed by atoms with Gasteiger partial charge in [0, 0.05) is 19.0 Å². The third-order valence-electron chi connectivity index (χ3n) is 5.12. The van der Waals surface area contributed by atoms with E-state index < -0.39 is 9.84 Å². The van der Waals surface area contributed by atoms with Gasteiger partial charge in [0.15, 0.2) is 9.84 Å². The summed E-state index contributed by atoms with van der Waals surface area (Å²) in [6.45, 7) is 0. The van der Waals surface area contributed by atoms with Crippen molar-refractivity contribution >= 4 is 26.7 Å². The Bertz CT molecular complexity index is 1330. The molecule has 6 nitrogen and oxygen atoms in total. The highest BCUT2D eigenvalue weighted by Gasteiger charge is 2.16. The number of hydrogen-bond acceptors (Lipinski definition) is 4. The molecule has 3 N–H and O–H groups in total. The SMILES string of the molecule is Cn1c(Cc2ccc(C(=N)N)cc2)nc2cc(CS(=O)(=O)c3ccccc3)ccc21. The minimum Gasteiger partial charge on any atom is -0.384 e. The zero-order chi connectivity index (χ0) is 21.3. The number of amidine groups is 1. The molecule has 0 aliphatic rings. The van der Waals surface area contributed by atoms with Crippen molar-refractivity contribution in [2.75, 3.05) is 0 Å². The number of rotatable bonds is 6. The summed E-state index contributed by atoms with van der Waals surface area (Å²) in [7, 11) is -1.45. The second-order valence-electron chi connectivity index (χ2n) is 7.27. The van der Waals surface area contributed by atoms with Gasteiger partial charge in [0.25, 0.3) is 0 Å². The van der Waals surface area contributed by atoms with Crippen LogP contribution < -0.4 is 5.73 Å². The molecular weight excluding hydrogens is 396 g/mol. The van der Waals surface area contributed by atoms with Gasteiger partial charge in [-0.25, -0.2) is 13.4 Å². The first-order valence-electron chi connectivity index (χ1n) is 9.49. The van der Waals surface area contributed by atoms with Crippen LogP contribution >= 0.6 is 0 Å².